The molecule has 1 saturated carbocycles. The fraction of sp³-hybridized carbons (Fsp3) is 0.348. The largest absolute Gasteiger partial charge is 0.381 e. The Balaban J connectivity index is 1.73. The molecule has 0 radical (unpaired) electrons. The van der Waals surface area contributed by atoms with Crippen molar-refractivity contribution in [3.63, 3.8) is 0 Å². The summed E-state index contributed by atoms with van der Waals surface area (Å²) in [4.78, 5) is 16.9. The summed E-state index contributed by atoms with van der Waals surface area (Å²) < 4.78 is 3.55. The van der Waals surface area contributed by atoms with Crippen molar-refractivity contribution in [2.45, 2.75) is 43.9 Å². The van der Waals surface area contributed by atoms with E-state index in [1.165, 1.54) is 0 Å². The lowest BCUT2D eigenvalue weighted by atomic mass is 9.75. The summed E-state index contributed by atoms with van der Waals surface area (Å²) in [6.45, 7) is 1.61. The van der Waals surface area contributed by atoms with E-state index in [-0.39, 0.29) is 11.7 Å². The van der Waals surface area contributed by atoms with Crippen LogP contribution in [0.5, 0.6) is 0 Å². The summed E-state index contributed by atoms with van der Waals surface area (Å²) in [6, 6.07) is 7.77. The Kier molecular flexibility index (Phi) is 4.46. The van der Waals surface area contributed by atoms with Gasteiger partial charge < -0.3 is 20.5 Å². The molecule has 158 valence electrons. The summed E-state index contributed by atoms with van der Waals surface area (Å²) in [7, 11) is 1.74. The second-order valence-electron chi connectivity index (χ2n) is 8.26. The van der Waals surface area contributed by atoms with Gasteiger partial charge in [0.2, 0.25) is 0 Å². The van der Waals surface area contributed by atoms with Crippen LogP contribution in [-0.4, -0.2) is 41.6 Å². The van der Waals surface area contributed by atoms with E-state index in [4.69, 9.17) is 5.73 Å². The Morgan fingerprint density at radius 2 is 2.06 bits per heavy atom. The number of amides is 1. The zero-order valence-electron chi connectivity index (χ0n) is 17.3. The number of aliphatic hydroxyl groups excluding tert-OH is 2. The highest BCUT2D eigenvalue weighted by molar-refractivity contribution is 5.93. The van der Waals surface area contributed by atoms with Gasteiger partial charge in [0.15, 0.2) is 5.69 Å². The van der Waals surface area contributed by atoms with Crippen LogP contribution in [0.15, 0.2) is 30.5 Å². The molecule has 31 heavy (non-hydrogen) atoms. The number of nitrogens with two attached hydrogens (primary N) is 1. The molecule has 1 aromatic carbocycles. The third kappa shape index (κ3) is 3.05. The first-order valence-corrected chi connectivity index (χ1v) is 10.3. The molecule has 8 heteroatoms. The van der Waals surface area contributed by atoms with E-state index in [0.717, 1.165) is 29.5 Å². The van der Waals surface area contributed by atoms with E-state index < -0.39 is 18.1 Å². The van der Waals surface area contributed by atoms with Crippen LogP contribution < -0.4 is 5.73 Å². The third-order valence-electron chi connectivity index (χ3n) is 6.22. The highest BCUT2D eigenvalue weighted by Gasteiger charge is 2.42. The topological polar surface area (TPSA) is 119 Å². The molecule has 6 rings (SSSR count). The molecule has 1 fully saturated rings. The van der Waals surface area contributed by atoms with Crippen molar-refractivity contribution in [3.05, 3.63) is 58.7 Å². The van der Waals surface area contributed by atoms with E-state index in [1.54, 1.807) is 30.9 Å². The Bertz CT molecular complexity index is 1250. The van der Waals surface area contributed by atoms with Crippen LogP contribution in [0, 0.1) is 11.8 Å². The number of aliphatic hydroxyl groups is 2. The molecule has 3 aromatic rings. The van der Waals surface area contributed by atoms with Gasteiger partial charge in [0, 0.05) is 30.4 Å². The van der Waals surface area contributed by atoms with Crippen molar-refractivity contribution < 1.29 is 15.0 Å². The number of rotatable bonds is 3. The molecule has 8 nitrogen and oxygen atoms in total. The lowest BCUT2D eigenvalue weighted by molar-refractivity contribution is 0.0988. The number of benzene rings is 1. The number of imidazole rings is 1. The fourth-order valence-electron chi connectivity index (χ4n) is 4.66. The first kappa shape index (κ1) is 19.5. The highest BCUT2D eigenvalue weighted by atomic mass is 16.3. The number of carbonyl (C=O) groups excluding carboxylic acids is 1. The number of carbonyl (C=O) groups is 1. The standard InChI is InChI=1S/C23H23N5O3/c1-12(29)3-4-13-5-6-16-14-10-15(11-14)28-20(21(30)18-7-8-25-27(18)2)19(22(24)31)26-23(28)17(16)9-13/h5-9,12,14-15,21,29-30H,10-11H2,1-2H3,(H2,24,31). The molecule has 0 spiro atoms. The van der Waals surface area contributed by atoms with Crippen molar-refractivity contribution in [2.75, 3.05) is 0 Å². The summed E-state index contributed by atoms with van der Waals surface area (Å²) in [5.74, 6) is 6.07. The number of aryl methyl sites for hydroxylation is 1. The number of nitrogens with zero attached hydrogens (tertiary/aromatic N) is 4. The van der Waals surface area contributed by atoms with Crippen LogP contribution in [0.25, 0.3) is 11.4 Å². The lowest BCUT2D eigenvalue weighted by Gasteiger charge is -2.36. The highest BCUT2D eigenvalue weighted by Crippen LogP contribution is 2.53. The van der Waals surface area contributed by atoms with Crippen LogP contribution in [0.3, 0.4) is 0 Å². The summed E-state index contributed by atoms with van der Waals surface area (Å²) in [5.41, 5.74) is 9.51. The van der Waals surface area contributed by atoms with E-state index in [2.05, 4.69) is 21.9 Å². The SMILES string of the molecule is CC(O)C#Cc1ccc2c(c1)-c1nc(C(N)=O)c(C(O)c3ccnn3C)n1C1CC2C1. The first-order valence-electron chi connectivity index (χ1n) is 10.3. The summed E-state index contributed by atoms with van der Waals surface area (Å²) >= 11 is 0. The molecule has 2 atom stereocenters. The zero-order valence-corrected chi connectivity index (χ0v) is 17.3. The van der Waals surface area contributed by atoms with Gasteiger partial charge in [0.25, 0.3) is 5.91 Å². The van der Waals surface area contributed by atoms with Crippen molar-refractivity contribution in [1.29, 1.82) is 0 Å². The van der Waals surface area contributed by atoms with Crippen molar-refractivity contribution in [3.8, 4) is 23.2 Å². The number of hydrogen-bond acceptors (Lipinski definition) is 5. The van der Waals surface area contributed by atoms with Gasteiger partial charge in [0.05, 0.1) is 11.4 Å². The minimum absolute atomic E-state index is 0.0699. The Morgan fingerprint density at radius 1 is 1.29 bits per heavy atom. The normalized spacial score (nSPS) is 20.4. The first-order chi connectivity index (χ1) is 14.8. The van der Waals surface area contributed by atoms with Crippen LogP contribution in [-0.2, 0) is 7.05 Å². The minimum Gasteiger partial charge on any atom is -0.381 e. The van der Waals surface area contributed by atoms with Crippen LogP contribution in [0.1, 0.15) is 70.8 Å². The number of aromatic nitrogens is 4. The smallest absolute Gasteiger partial charge is 0.269 e. The van der Waals surface area contributed by atoms with Crippen LogP contribution in [0.2, 0.25) is 0 Å². The molecule has 4 heterocycles. The lowest BCUT2D eigenvalue weighted by Crippen LogP contribution is -2.27. The molecule has 1 aliphatic carbocycles. The van der Waals surface area contributed by atoms with Gasteiger partial charge >= 0.3 is 0 Å². The summed E-state index contributed by atoms with van der Waals surface area (Å²) in [6.07, 6.45) is 1.59. The second kappa shape index (κ2) is 7.08. The second-order valence-corrected chi connectivity index (χ2v) is 8.26. The molecule has 1 amide bonds. The zero-order chi connectivity index (χ0) is 21.9. The number of primary amides is 1. The summed E-state index contributed by atoms with van der Waals surface area (Å²) in [5, 5.41) is 24.9. The molecule has 2 aromatic heterocycles. The maximum atomic E-state index is 12.3. The van der Waals surface area contributed by atoms with Gasteiger partial charge in [-0.3, -0.25) is 9.48 Å². The molecule has 0 saturated heterocycles. The van der Waals surface area contributed by atoms with Gasteiger partial charge in [0.1, 0.15) is 18.0 Å². The van der Waals surface area contributed by atoms with Crippen molar-refractivity contribution in [2.24, 2.45) is 12.8 Å². The fourth-order valence-corrected chi connectivity index (χ4v) is 4.66. The van der Waals surface area contributed by atoms with Gasteiger partial charge in [-0.05, 0) is 49.4 Å². The average Bonchev–Trinajstić information content (AvgIpc) is 3.24. The monoisotopic (exact) mass is 417 g/mol. The van der Waals surface area contributed by atoms with E-state index in [0.29, 0.717) is 23.1 Å². The average molecular weight is 417 g/mol. The molecular formula is C23H23N5O3. The van der Waals surface area contributed by atoms with Crippen molar-refractivity contribution in [1.82, 2.24) is 19.3 Å². The van der Waals surface area contributed by atoms with Crippen LogP contribution in [0.4, 0.5) is 0 Å². The Hall–Kier alpha value is -3.41. The van der Waals surface area contributed by atoms with Gasteiger partial charge in [-0.1, -0.05) is 17.9 Å². The minimum atomic E-state index is -1.09. The Morgan fingerprint density at radius 3 is 2.71 bits per heavy atom. The van der Waals surface area contributed by atoms with Crippen molar-refractivity contribution >= 4 is 5.91 Å². The molecule has 2 unspecified atom stereocenters. The Labute approximate surface area is 179 Å². The van der Waals surface area contributed by atoms with E-state index >= 15 is 0 Å². The van der Waals surface area contributed by atoms with Gasteiger partial charge in [-0.15, -0.1) is 0 Å². The van der Waals surface area contributed by atoms with E-state index in [9.17, 15) is 15.0 Å². The molecular weight excluding hydrogens is 394 g/mol. The van der Waals surface area contributed by atoms with Crippen LogP contribution >= 0.6 is 0 Å². The van der Waals surface area contributed by atoms with Gasteiger partial charge in [-0.2, -0.15) is 5.10 Å². The molecule has 2 bridgehead atoms. The maximum absolute atomic E-state index is 12.3. The predicted octanol–water partition coefficient (Wildman–Crippen LogP) is 1.63. The predicted molar refractivity (Wildman–Crippen MR) is 113 cm³/mol. The molecule has 3 aliphatic rings. The maximum Gasteiger partial charge on any atom is 0.269 e. The number of hydrogen-bond donors (Lipinski definition) is 3. The molecule has 4 N–H and O–H groups in total. The molecule has 2 aliphatic heterocycles. The quantitative estimate of drug-likeness (QED) is 0.560. The third-order valence-corrected chi connectivity index (χ3v) is 6.22. The van der Waals surface area contributed by atoms with Gasteiger partial charge in [-0.25, -0.2) is 4.98 Å². The van der Waals surface area contributed by atoms with E-state index in [1.807, 2.05) is 22.8 Å².